The molecule has 4 heteroatoms. The number of hydrogen-bond donors (Lipinski definition) is 0. The Kier molecular flexibility index (Phi) is 4.26. The maximum Gasteiger partial charge on any atom is 0.256 e. The zero-order valence-electron chi connectivity index (χ0n) is 14.5. The molecule has 1 atom stereocenters. The number of fused-ring (bicyclic) bond motifs is 1. The van der Waals surface area contributed by atoms with Crippen LogP contribution in [0.3, 0.4) is 0 Å². The molecule has 1 aliphatic rings. The predicted molar refractivity (Wildman–Crippen MR) is 98.4 cm³/mol. The molecule has 4 nitrogen and oxygen atoms in total. The molecule has 3 aromatic rings. The summed E-state index contributed by atoms with van der Waals surface area (Å²) in [6.45, 7) is 2.95. The van der Waals surface area contributed by atoms with Crippen LogP contribution in [-0.4, -0.2) is 27.0 Å². The van der Waals surface area contributed by atoms with Gasteiger partial charge >= 0.3 is 0 Å². The molecule has 1 fully saturated rings. The third kappa shape index (κ3) is 3.04. The molecule has 0 aliphatic heterocycles. The van der Waals surface area contributed by atoms with Gasteiger partial charge < -0.3 is 4.90 Å². The molecule has 0 radical (unpaired) electrons. The van der Waals surface area contributed by atoms with E-state index in [4.69, 9.17) is 0 Å². The maximum atomic E-state index is 13.4. The van der Waals surface area contributed by atoms with E-state index in [2.05, 4.69) is 24.2 Å². The van der Waals surface area contributed by atoms with Crippen molar-refractivity contribution < 1.29 is 4.79 Å². The molecule has 0 saturated heterocycles. The summed E-state index contributed by atoms with van der Waals surface area (Å²) >= 11 is 0. The molecule has 128 valence electrons. The summed E-state index contributed by atoms with van der Waals surface area (Å²) < 4.78 is 1.77. The van der Waals surface area contributed by atoms with E-state index in [1.54, 1.807) is 10.7 Å². The Morgan fingerprint density at radius 2 is 2.00 bits per heavy atom. The number of pyridine rings is 1. The Balaban J connectivity index is 1.69. The minimum absolute atomic E-state index is 0.0532. The van der Waals surface area contributed by atoms with Gasteiger partial charge in [0.25, 0.3) is 5.91 Å². The normalized spacial score (nSPS) is 15.7. The Morgan fingerprint density at radius 1 is 1.20 bits per heavy atom. The first-order chi connectivity index (χ1) is 12.2. The number of nitrogens with zero attached hydrogens (tertiary/aromatic N) is 3. The maximum absolute atomic E-state index is 13.4. The molecular formula is C21H23N3O. The van der Waals surface area contributed by atoms with Gasteiger partial charge in [0.1, 0.15) is 0 Å². The number of carbonyl (C=O) groups excluding carboxylic acids is 1. The third-order valence-corrected chi connectivity index (χ3v) is 5.36. The van der Waals surface area contributed by atoms with Gasteiger partial charge in [0.2, 0.25) is 0 Å². The Hall–Kier alpha value is -2.62. The molecule has 2 heterocycles. The van der Waals surface area contributed by atoms with Crippen LogP contribution in [0.1, 0.15) is 48.1 Å². The van der Waals surface area contributed by atoms with E-state index < -0.39 is 0 Å². The van der Waals surface area contributed by atoms with E-state index in [9.17, 15) is 4.79 Å². The Bertz CT molecular complexity index is 867. The van der Waals surface area contributed by atoms with Gasteiger partial charge in [-0.3, -0.25) is 4.79 Å². The van der Waals surface area contributed by atoms with Crippen LogP contribution >= 0.6 is 0 Å². The summed E-state index contributed by atoms with van der Waals surface area (Å²) in [5, 5.41) is 4.26. The lowest BCUT2D eigenvalue weighted by molar-refractivity contribution is 0.0615. The number of carbonyl (C=O) groups is 1. The summed E-state index contributed by atoms with van der Waals surface area (Å²) in [5.41, 5.74) is 2.77. The molecule has 1 unspecified atom stereocenters. The fraction of sp³-hybridized carbons (Fsp3) is 0.333. The molecule has 1 aromatic carbocycles. The van der Waals surface area contributed by atoms with Gasteiger partial charge in [-0.15, -0.1) is 0 Å². The Morgan fingerprint density at radius 3 is 2.72 bits per heavy atom. The van der Waals surface area contributed by atoms with Crippen LogP contribution < -0.4 is 0 Å². The van der Waals surface area contributed by atoms with Crippen LogP contribution in [0.4, 0.5) is 0 Å². The number of aromatic nitrogens is 2. The van der Waals surface area contributed by atoms with E-state index in [1.165, 1.54) is 24.8 Å². The van der Waals surface area contributed by atoms with Crippen LogP contribution in [0.5, 0.6) is 0 Å². The fourth-order valence-electron chi connectivity index (χ4n) is 3.57. The molecule has 0 spiro atoms. The smallest absolute Gasteiger partial charge is 0.256 e. The van der Waals surface area contributed by atoms with Crippen molar-refractivity contribution >= 4 is 11.4 Å². The lowest BCUT2D eigenvalue weighted by Crippen LogP contribution is -2.39. The number of amides is 1. The highest BCUT2D eigenvalue weighted by Gasteiger charge is 2.29. The molecule has 1 aliphatic carbocycles. The van der Waals surface area contributed by atoms with Gasteiger partial charge in [-0.05, 0) is 49.4 Å². The lowest BCUT2D eigenvalue weighted by atomic mass is 9.84. The van der Waals surface area contributed by atoms with E-state index >= 15 is 0 Å². The van der Waals surface area contributed by atoms with Crippen LogP contribution in [0, 0.1) is 5.92 Å². The molecule has 1 saturated carbocycles. The van der Waals surface area contributed by atoms with Crippen molar-refractivity contribution in [1.82, 2.24) is 14.5 Å². The molecular weight excluding hydrogens is 310 g/mol. The van der Waals surface area contributed by atoms with Crippen LogP contribution in [0.25, 0.3) is 5.52 Å². The summed E-state index contributed by atoms with van der Waals surface area (Å²) in [6, 6.07) is 16.1. The number of hydrogen-bond acceptors (Lipinski definition) is 2. The topological polar surface area (TPSA) is 37.6 Å². The molecule has 25 heavy (non-hydrogen) atoms. The average Bonchev–Trinajstić information content (AvgIpc) is 3.09. The van der Waals surface area contributed by atoms with Crippen LogP contribution in [0.2, 0.25) is 0 Å². The van der Waals surface area contributed by atoms with Gasteiger partial charge in [0, 0.05) is 12.7 Å². The van der Waals surface area contributed by atoms with Gasteiger partial charge in [0.15, 0.2) is 0 Å². The number of rotatable bonds is 5. The van der Waals surface area contributed by atoms with E-state index in [0.29, 0.717) is 5.92 Å². The van der Waals surface area contributed by atoms with Crippen molar-refractivity contribution in [3.8, 4) is 0 Å². The largest absolute Gasteiger partial charge is 0.332 e. The second kappa shape index (κ2) is 6.71. The molecule has 2 aromatic heterocycles. The second-order valence-electron chi connectivity index (χ2n) is 6.92. The zero-order valence-corrected chi connectivity index (χ0v) is 14.5. The first kappa shape index (κ1) is 15.9. The van der Waals surface area contributed by atoms with Crippen molar-refractivity contribution in [2.24, 2.45) is 5.92 Å². The summed E-state index contributed by atoms with van der Waals surface area (Å²) in [4.78, 5) is 15.5. The summed E-state index contributed by atoms with van der Waals surface area (Å²) in [5.74, 6) is 0.717. The van der Waals surface area contributed by atoms with Gasteiger partial charge in [0.05, 0.1) is 23.3 Å². The summed E-state index contributed by atoms with van der Waals surface area (Å²) in [7, 11) is 0. The van der Waals surface area contributed by atoms with Gasteiger partial charge in [-0.2, -0.15) is 5.10 Å². The molecule has 1 amide bonds. The average molecular weight is 333 g/mol. The standard InChI is InChI=1S/C21H23N3O/c1-16(18-9-3-2-4-10-18)23(15-17-7-5-8-17)21(25)19-11-6-14-24-20(19)12-13-22-24/h2-4,6,9-14,16-17H,5,7-8,15H2,1H3. The van der Waals surface area contributed by atoms with Crippen molar-refractivity contribution in [3.05, 3.63) is 72.1 Å². The van der Waals surface area contributed by atoms with Crippen molar-refractivity contribution in [2.75, 3.05) is 6.54 Å². The van der Waals surface area contributed by atoms with Crippen LogP contribution in [0.15, 0.2) is 60.9 Å². The van der Waals surface area contributed by atoms with Crippen molar-refractivity contribution in [3.63, 3.8) is 0 Å². The first-order valence-corrected chi connectivity index (χ1v) is 9.02. The van der Waals surface area contributed by atoms with Crippen LogP contribution in [-0.2, 0) is 0 Å². The lowest BCUT2D eigenvalue weighted by Gasteiger charge is -2.36. The minimum atomic E-state index is 0.0532. The Labute approximate surface area is 148 Å². The van der Waals surface area contributed by atoms with Crippen molar-refractivity contribution in [1.29, 1.82) is 0 Å². The minimum Gasteiger partial charge on any atom is -0.332 e. The molecule has 4 rings (SSSR count). The molecule has 0 bridgehead atoms. The number of benzene rings is 1. The highest BCUT2D eigenvalue weighted by Crippen LogP contribution is 2.32. The highest BCUT2D eigenvalue weighted by atomic mass is 16.2. The SMILES string of the molecule is CC(c1ccccc1)N(CC1CCC1)C(=O)c1cccn2nccc12. The zero-order chi connectivity index (χ0) is 17.2. The van der Waals surface area contributed by atoms with E-state index in [-0.39, 0.29) is 11.9 Å². The van der Waals surface area contributed by atoms with E-state index in [1.807, 2.05) is 47.5 Å². The highest BCUT2D eigenvalue weighted by molar-refractivity contribution is 6.00. The monoisotopic (exact) mass is 333 g/mol. The van der Waals surface area contributed by atoms with Gasteiger partial charge in [-0.25, -0.2) is 4.52 Å². The third-order valence-electron chi connectivity index (χ3n) is 5.36. The van der Waals surface area contributed by atoms with Crippen molar-refractivity contribution in [2.45, 2.75) is 32.2 Å². The molecule has 0 N–H and O–H groups in total. The van der Waals surface area contributed by atoms with E-state index in [0.717, 1.165) is 17.6 Å². The second-order valence-corrected chi connectivity index (χ2v) is 6.92. The van der Waals surface area contributed by atoms with Gasteiger partial charge in [-0.1, -0.05) is 36.8 Å². The quantitative estimate of drug-likeness (QED) is 0.696. The first-order valence-electron chi connectivity index (χ1n) is 9.02. The fourth-order valence-corrected chi connectivity index (χ4v) is 3.57. The predicted octanol–water partition coefficient (Wildman–Crippen LogP) is 4.34. The summed E-state index contributed by atoms with van der Waals surface area (Å²) in [6.07, 6.45) is 7.35.